The monoisotopic (exact) mass is 202 g/mol. The number of nitrogens with zero attached hydrogens (tertiary/aromatic N) is 2. The lowest BCUT2D eigenvalue weighted by Crippen LogP contribution is -1.95. The van der Waals surface area contributed by atoms with E-state index in [2.05, 4.69) is 32.1 Å². The van der Waals surface area contributed by atoms with Crippen LogP contribution in [-0.4, -0.2) is 9.78 Å². The molecule has 0 aliphatic heterocycles. The van der Waals surface area contributed by atoms with Crippen LogP contribution in [0.4, 0.5) is 0 Å². The van der Waals surface area contributed by atoms with Crippen LogP contribution < -0.4 is 0 Å². The summed E-state index contributed by atoms with van der Waals surface area (Å²) in [5.74, 6) is 0.449. The van der Waals surface area contributed by atoms with E-state index in [1.54, 1.807) is 6.08 Å². The second-order valence-corrected chi connectivity index (χ2v) is 3.85. The lowest BCUT2D eigenvalue weighted by molar-refractivity contribution is 0.854. The Morgan fingerprint density at radius 3 is 2.73 bits per heavy atom. The molecule has 0 saturated carbocycles. The van der Waals surface area contributed by atoms with E-state index in [-0.39, 0.29) is 0 Å². The van der Waals surface area contributed by atoms with Gasteiger partial charge in [-0.3, -0.25) is 0 Å². The van der Waals surface area contributed by atoms with E-state index in [1.807, 2.05) is 30.1 Å². The van der Waals surface area contributed by atoms with Gasteiger partial charge in [0.05, 0.1) is 6.20 Å². The Labute approximate surface area is 91.6 Å². The molecule has 0 aliphatic rings. The van der Waals surface area contributed by atoms with Gasteiger partial charge in [-0.25, -0.2) is 4.68 Å². The van der Waals surface area contributed by atoms with E-state index in [0.29, 0.717) is 5.92 Å². The maximum atomic E-state index is 4.28. The lowest BCUT2D eigenvalue weighted by Gasteiger charge is -2.08. The molecule has 1 rings (SSSR count). The first-order valence-corrected chi connectivity index (χ1v) is 5.10. The highest BCUT2D eigenvalue weighted by atomic mass is 15.3. The van der Waals surface area contributed by atoms with Crippen LogP contribution in [-0.2, 0) is 0 Å². The van der Waals surface area contributed by atoms with Gasteiger partial charge in [-0.15, -0.1) is 0 Å². The summed E-state index contributed by atoms with van der Waals surface area (Å²) in [6, 6.07) is 0. The zero-order valence-corrected chi connectivity index (χ0v) is 9.70. The van der Waals surface area contributed by atoms with Crippen molar-refractivity contribution < 1.29 is 0 Å². The quantitative estimate of drug-likeness (QED) is 0.683. The maximum absolute atomic E-state index is 4.28. The van der Waals surface area contributed by atoms with Crippen molar-refractivity contribution in [2.75, 3.05) is 0 Å². The summed E-state index contributed by atoms with van der Waals surface area (Å²) in [6.07, 6.45) is 7.35. The molecule has 0 aromatic carbocycles. The van der Waals surface area contributed by atoms with Gasteiger partial charge >= 0.3 is 0 Å². The summed E-state index contributed by atoms with van der Waals surface area (Å²) in [5, 5.41) is 4.28. The van der Waals surface area contributed by atoms with Crippen molar-refractivity contribution in [3.63, 3.8) is 0 Å². The largest absolute Gasteiger partial charge is 0.245 e. The van der Waals surface area contributed by atoms with Gasteiger partial charge in [0.1, 0.15) is 0 Å². The molecular weight excluding hydrogens is 184 g/mol. The fourth-order valence-corrected chi connectivity index (χ4v) is 1.34. The normalized spacial score (nSPS) is 11.2. The number of aromatic nitrogens is 2. The third-order valence-electron chi connectivity index (χ3n) is 2.45. The molecule has 0 amide bonds. The van der Waals surface area contributed by atoms with E-state index in [9.17, 15) is 0 Å². The van der Waals surface area contributed by atoms with Gasteiger partial charge in [0.2, 0.25) is 0 Å². The molecule has 1 aromatic heterocycles. The molecule has 80 valence electrons. The Balaban J connectivity index is 3.03. The van der Waals surface area contributed by atoms with Gasteiger partial charge in [0.25, 0.3) is 0 Å². The molecule has 0 radical (unpaired) electrons. The fourth-order valence-electron chi connectivity index (χ4n) is 1.34. The van der Waals surface area contributed by atoms with E-state index in [1.165, 1.54) is 0 Å². The Bertz CT molecular complexity index is 395. The molecule has 2 heteroatoms. The molecule has 0 unspecified atom stereocenters. The van der Waals surface area contributed by atoms with E-state index >= 15 is 0 Å². The fraction of sp³-hybridized carbons (Fsp3) is 0.308. The molecule has 0 atom stereocenters. The van der Waals surface area contributed by atoms with Crippen LogP contribution in [0.15, 0.2) is 31.5 Å². The SMILES string of the molecule is C=C/C=C\n1ncc(C(=C)C(C)C)c1C. The first kappa shape index (κ1) is 11.5. The summed E-state index contributed by atoms with van der Waals surface area (Å²) in [4.78, 5) is 0. The van der Waals surface area contributed by atoms with Crippen molar-refractivity contribution in [3.05, 3.63) is 42.8 Å². The molecule has 0 N–H and O–H groups in total. The number of hydrogen-bond acceptors (Lipinski definition) is 1. The summed E-state index contributed by atoms with van der Waals surface area (Å²) < 4.78 is 1.84. The summed E-state index contributed by atoms with van der Waals surface area (Å²) >= 11 is 0. The number of allylic oxidation sites excluding steroid dienone is 3. The standard InChI is InChI=1S/C13H18N2/c1-6-7-8-15-12(5)13(9-14-15)11(4)10(2)3/h6-10H,1,4H2,2-3,5H3/b8-7-. The van der Waals surface area contributed by atoms with Crippen molar-refractivity contribution in [3.8, 4) is 0 Å². The van der Waals surface area contributed by atoms with Crippen LogP contribution in [0.1, 0.15) is 25.1 Å². The van der Waals surface area contributed by atoms with E-state index in [4.69, 9.17) is 0 Å². The zero-order chi connectivity index (χ0) is 11.4. The molecule has 0 aliphatic carbocycles. The van der Waals surface area contributed by atoms with Crippen LogP contribution in [0.25, 0.3) is 11.8 Å². The second kappa shape index (κ2) is 4.78. The molecular formula is C13H18N2. The minimum Gasteiger partial charge on any atom is -0.245 e. The van der Waals surface area contributed by atoms with E-state index in [0.717, 1.165) is 16.8 Å². The highest BCUT2D eigenvalue weighted by molar-refractivity contribution is 5.66. The minimum atomic E-state index is 0.449. The maximum Gasteiger partial charge on any atom is 0.0571 e. The smallest absolute Gasteiger partial charge is 0.0571 e. The van der Waals surface area contributed by atoms with Gasteiger partial charge in [0, 0.05) is 17.5 Å². The molecule has 15 heavy (non-hydrogen) atoms. The van der Waals surface area contributed by atoms with Gasteiger partial charge < -0.3 is 0 Å². The van der Waals surface area contributed by atoms with Crippen molar-refractivity contribution in [2.24, 2.45) is 5.92 Å². The lowest BCUT2D eigenvalue weighted by atomic mass is 9.98. The molecule has 0 bridgehead atoms. The highest BCUT2D eigenvalue weighted by Gasteiger charge is 2.10. The van der Waals surface area contributed by atoms with Gasteiger partial charge in [0.15, 0.2) is 0 Å². The molecule has 0 spiro atoms. The van der Waals surface area contributed by atoms with Crippen LogP contribution >= 0.6 is 0 Å². The van der Waals surface area contributed by atoms with Crippen LogP contribution in [0.2, 0.25) is 0 Å². The molecule has 0 saturated heterocycles. The molecule has 1 aromatic rings. The number of rotatable bonds is 4. The van der Waals surface area contributed by atoms with Crippen molar-refractivity contribution >= 4 is 11.8 Å². The first-order chi connectivity index (χ1) is 7.07. The molecule has 1 heterocycles. The Kier molecular flexibility index (Phi) is 3.67. The summed E-state index contributed by atoms with van der Waals surface area (Å²) in [5.41, 5.74) is 3.39. The predicted molar refractivity (Wildman–Crippen MR) is 66.4 cm³/mol. The Morgan fingerprint density at radius 2 is 2.20 bits per heavy atom. The van der Waals surface area contributed by atoms with Crippen molar-refractivity contribution in [1.82, 2.24) is 9.78 Å². The highest BCUT2D eigenvalue weighted by Crippen LogP contribution is 2.23. The van der Waals surface area contributed by atoms with Crippen LogP contribution in [0.3, 0.4) is 0 Å². The van der Waals surface area contributed by atoms with Crippen molar-refractivity contribution in [2.45, 2.75) is 20.8 Å². The topological polar surface area (TPSA) is 17.8 Å². The van der Waals surface area contributed by atoms with Crippen LogP contribution in [0, 0.1) is 12.8 Å². The Hall–Kier alpha value is -1.57. The minimum absolute atomic E-state index is 0.449. The van der Waals surface area contributed by atoms with Gasteiger partial charge in [-0.05, 0) is 24.5 Å². The zero-order valence-electron chi connectivity index (χ0n) is 9.70. The first-order valence-electron chi connectivity index (χ1n) is 5.10. The predicted octanol–water partition coefficient (Wildman–Crippen LogP) is 3.52. The second-order valence-electron chi connectivity index (χ2n) is 3.85. The van der Waals surface area contributed by atoms with Crippen molar-refractivity contribution in [1.29, 1.82) is 0 Å². The molecule has 0 fully saturated rings. The number of hydrogen-bond donors (Lipinski definition) is 0. The average Bonchev–Trinajstić information content (AvgIpc) is 2.55. The van der Waals surface area contributed by atoms with Gasteiger partial charge in [-0.1, -0.05) is 33.1 Å². The third kappa shape index (κ3) is 2.46. The Morgan fingerprint density at radius 1 is 1.53 bits per heavy atom. The van der Waals surface area contributed by atoms with Gasteiger partial charge in [-0.2, -0.15) is 5.10 Å². The molecule has 2 nitrogen and oxygen atoms in total. The third-order valence-corrected chi connectivity index (χ3v) is 2.45. The van der Waals surface area contributed by atoms with Crippen LogP contribution in [0.5, 0.6) is 0 Å². The summed E-state index contributed by atoms with van der Waals surface area (Å²) in [6.45, 7) is 14.0. The average molecular weight is 202 g/mol. The summed E-state index contributed by atoms with van der Waals surface area (Å²) in [7, 11) is 0. The van der Waals surface area contributed by atoms with E-state index < -0.39 is 0 Å².